The highest BCUT2D eigenvalue weighted by atomic mass is 19.4. The third-order valence-electron chi connectivity index (χ3n) is 11.2. The summed E-state index contributed by atoms with van der Waals surface area (Å²) in [4.78, 5) is 24.8. The van der Waals surface area contributed by atoms with Gasteiger partial charge >= 0.3 is 25.4 Å². The number of hydrogen-bond acceptors (Lipinski definition) is 9. The van der Waals surface area contributed by atoms with Crippen LogP contribution in [-0.2, 0) is 34.2 Å². The molecule has 3 aliphatic rings. The van der Waals surface area contributed by atoms with Gasteiger partial charge in [0.2, 0.25) is 11.8 Å². The van der Waals surface area contributed by atoms with Gasteiger partial charge in [0.25, 0.3) is 0 Å². The predicted octanol–water partition coefficient (Wildman–Crippen LogP) is 8.95. The average molecular weight is 815 g/mol. The Morgan fingerprint density at radius 3 is 2.45 bits per heavy atom. The summed E-state index contributed by atoms with van der Waals surface area (Å²) in [5.74, 6) is -2.18. The van der Waals surface area contributed by atoms with Gasteiger partial charge in [-0.1, -0.05) is 49.4 Å². The van der Waals surface area contributed by atoms with Gasteiger partial charge in [0.1, 0.15) is 33.8 Å². The Labute approximate surface area is 326 Å². The smallest absolute Gasteiger partial charge is 0.420 e. The second-order valence-electron chi connectivity index (χ2n) is 14.9. The average Bonchev–Trinajstić information content (AvgIpc) is 3.89. The van der Waals surface area contributed by atoms with E-state index in [9.17, 15) is 40.6 Å². The van der Waals surface area contributed by atoms with Crippen LogP contribution in [0.3, 0.4) is 0 Å². The molecule has 2 aromatic heterocycles. The van der Waals surface area contributed by atoms with Crippen molar-refractivity contribution in [3.63, 3.8) is 0 Å². The van der Waals surface area contributed by atoms with Crippen LogP contribution in [0.2, 0.25) is 0 Å². The van der Waals surface area contributed by atoms with Crippen molar-refractivity contribution in [1.82, 2.24) is 19.8 Å². The molecule has 10 nitrogen and oxygen atoms in total. The zero-order valence-corrected chi connectivity index (χ0v) is 31.1. The topological polar surface area (TPSA) is 114 Å². The van der Waals surface area contributed by atoms with Gasteiger partial charge < -0.3 is 23.4 Å². The van der Waals surface area contributed by atoms with Gasteiger partial charge in [0.05, 0.1) is 6.10 Å². The Kier molecular flexibility index (Phi) is 10.3. The van der Waals surface area contributed by atoms with Gasteiger partial charge in [-0.3, -0.25) is 14.6 Å². The molecule has 1 N–H and O–H groups in total. The van der Waals surface area contributed by atoms with Crippen LogP contribution in [0.25, 0.3) is 27.8 Å². The van der Waals surface area contributed by atoms with Crippen LogP contribution in [-0.4, -0.2) is 75.8 Å². The van der Waals surface area contributed by atoms with Crippen molar-refractivity contribution in [1.29, 1.82) is 0 Å². The van der Waals surface area contributed by atoms with Gasteiger partial charge in [-0.2, -0.15) is 30.7 Å². The number of ether oxygens (including phenoxy) is 2. The van der Waals surface area contributed by atoms with Gasteiger partial charge in [-0.05, 0) is 66.8 Å². The van der Waals surface area contributed by atoms with E-state index >= 15 is 0 Å². The normalized spacial score (nSPS) is 22.1. The van der Waals surface area contributed by atoms with Crippen molar-refractivity contribution in [2.45, 2.75) is 76.7 Å². The molecule has 0 amide bonds. The maximum atomic E-state index is 14.8. The Morgan fingerprint density at radius 1 is 1.00 bits per heavy atom. The van der Waals surface area contributed by atoms with Crippen LogP contribution in [0.4, 0.5) is 30.7 Å². The summed E-state index contributed by atoms with van der Waals surface area (Å²) in [6, 6.07) is 11.9. The fourth-order valence-electron chi connectivity index (χ4n) is 8.39. The molecule has 0 saturated carbocycles. The number of carboxylic acids is 1. The van der Waals surface area contributed by atoms with E-state index in [1.54, 1.807) is 22.0 Å². The number of rotatable bonds is 12. The predicted molar refractivity (Wildman–Crippen MR) is 195 cm³/mol. The summed E-state index contributed by atoms with van der Waals surface area (Å²) in [5, 5.41) is 9.76. The number of nitrogens with zero attached hydrogens (tertiary/aromatic N) is 4. The molecule has 17 heteroatoms. The molecule has 2 saturated heterocycles. The second-order valence-corrected chi connectivity index (χ2v) is 14.9. The van der Waals surface area contributed by atoms with Crippen LogP contribution < -0.4 is 4.74 Å². The number of carbonyl (C=O) groups is 1. The maximum Gasteiger partial charge on any atom is 0.420 e. The Balaban J connectivity index is 1.27. The van der Waals surface area contributed by atoms with Crippen LogP contribution in [0.15, 0.2) is 75.6 Å². The zero-order valence-electron chi connectivity index (χ0n) is 31.1. The highest BCUT2D eigenvalue weighted by Crippen LogP contribution is 2.51. The fraction of sp³-hybridized carbons (Fsp3) is 0.390. The molecule has 58 heavy (non-hydrogen) atoms. The molecule has 8 rings (SSSR count). The lowest BCUT2D eigenvalue weighted by molar-refractivity contribution is -0.197. The molecule has 1 aliphatic carbocycles. The number of aryl methyl sites for hydroxylation is 1. The molecule has 0 radical (unpaired) electrons. The summed E-state index contributed by atoms with van der Waals surface area (Å²) in [5.41, 5.74) is -0.144. The SMILES string of the molecule is Cc1ccccc1C1=CC=CC(c2nc3cc(CN4CCC[C@H]4C(=O)O)c(OC(F)F)cc3o2)(c2nc3cc(CN4CC(OC(F)F)C4)cc(C(F)(F)F)c3o2)C1C. The van der Waals surface area contributed by atoms with Crippen molar-refractivity contribution in [2.24, 2.45) is 5.92 Å². The van der Waals surface area contributed by atoms with Crippen LogP contribution in [0, 0.1) is 12.8 Å². The summed E-state index contributed by atoms with van der Waals surface area (Å²) >= 11 is 0. The molecular weight excluding hydrogens is 777 g/mol. The van der Waals surface area contributed by atoms with Crippen LogP contribution in [0.1, 0.15) is 59.4 Å². The molecule has 3 aromatic carbocycles. The summed E-state index contributed by atoms with van der Waals surface area (Å²) in [6.07, 6.45) is 0.613. The Hall–Kier alpha value is -5.26. The largest absolute Gasteiger partial charge is 0.480 e. The number of benzene rings is 3. The van der Waals surface area contributed by atoms with Crippen molar-refractivity contribution in [3.8, 4) is 5.75 Å². The minimum absolute atomic E-state index is 0.00700. The minimum atomic E-state index is -4.88. The van der Waals surface area contributed by atoms with Crippen molar-refractivity contribution < 1.29 is 58.9 Å². The Bertz CT molecular complexity index is 2420. The van der Waals surface area contributed by atoms with E-state index in [1.165, 1.54) is 18.2 Å². The van der Waals surface area contributed by atoms with E-state index in [0.717, 1.165) is 22.8 Å². The van der Waals surface area contributed by atoms with Gasteiger partial charge in [-0.25, -0.2) is 9.97 Å². The van der Waals surface area contributed by atoms with Gasteiger partial charge in [-0.15, -0.1) is 0 Å². The lowest BCUT2D eigenvalue weighted by Gasteiger charge is -2.38. The Morgan fingerprint density at radius 2 is 1.74 bits per heavy atom. The number of alkyl halides is 7. The van der Waals surface area contributed by atoms with E-state index in [-0.39, 0.29) is 71.5 Å². The van der Waals surface area contributed by atoms with Crippen molar-refractivity contribution in [3.05, 3.63) is 106 Å². The summed E-state index contributed by atoms with van der Waals surface area (Å²) in [6.45, 7) is -1.84. The molecule has 0 spiro atoms. The first-order valence-corrected chi connectivity index (χ1v) is 18.6. The molecule has 3 atom stereocenters. The number of hydrogen-bond donors (Lipinski definition) is 1. The van der Waals surface area contributed by atoms with Crippen molar-refractivity contribution >= 4 is 33.7 Å². The minimum Gasteiger partial charge on any atom is -0.480 e. The third-order valence-corrected chi connectivity index (χ3v) is 11.2. The molecule has 5 aromatic rings. The zero-order chi connectivity index (χ0) is 41.1. The monoisotopic (exact) mass is 814 g/mol. The first kappa shape index (κ1) is 39.6. The molecule has 306 valence electrons. The van der Waals surface area contributed by atoms with Gasteiger partial charge in [0, 0.05) is 43.7 Å². The number of carboxylic acid groups (broad SMARTS) is 1. The number of halogens is 7. The first-order chi connectivity index (χ1) is 27.6. The lowest BCUT2D eigenvalue weighted by atomic mass is 9.67. The molecule has 2 fully saturated rings. The van der Waals surface area contributed by atoms with E-state index in [0.29, 0.717) is 19.4 Å². The third kappa shape index (κ3) is 7.34. The number of aliphatic carboxylic acids is 1. The molecule has 0 bridgehead atoms. The van der Waals surface area contributed by atoms with E-state index < -0.39 is 60.0 Å². The number of allylic oxidation sites excluding steroid dienone is 4. The lowest BCUT2D eigenvalue weighted by Crippen LogP contribution is -2.52. The van der Waals surface area contributed by atoms with E-state index in [1.807, 2.05) is 44.2 Å². The number of oxazole rings is 2. The van der Waals surface area contributed by atoms with E-state index in [2.05, 4.69) is 4.74 Å². The maximum absolute atomic E-state index is 14.8. The number of aromatic nitrogens is 2. The van der Waals surface area contributed by atoms with Crippen LogP contribution in [0.5, 0.6) is 5.75 Å². The quantitative estimate of drug-likeness (QED) is 0.123. The number of fused-ring (bicyclic) bond motifs is 2. The second kappa shape index (κ2) is 15.2. The highest BCUT2D eigenvalue weighted by molar-refractivity contribution is 5.81. The molecular formula is C41H37F7N4O6. The molecule has 2 unspecified atom stereocenters. The highest BCUT2D eigenvalue weighted by Gasteiger charge is 2.50. The first-order valence-electron chi connectivity index (χ1n) is 18.6. The molecule has 4 heterocycles. The molecule has 2 aliphatic heterocycles. The fourth-order valence-corrected chi connectivity index (χ4v) is 8.39. The van der Waals surface area contributed by atoms with Gasteiger partial charge in [0.15, 0.2) is 11.2 Å². The standard InChI is InChI=1S/C41H37F7N4O6/c1-21-7-3-4-8-26(21)27-9-5-11-40(22(27)2,36-49-29-15-24(18-52-12-6-10-31(52)35(53)54)32(57-39(44)45)16-33(29)56-36)37-50-30-14-23(13-28(34(30)58-37)41(46,47)48)17-51-19-25(20-51)55-38(42)43/h3-5,7-9,11,13-16,22,25,31,38-39H,6,10,12,17-20H2,1-2H3,(H,53,54)/t22?,31-,40?/m0/s1. The number of likely N-dealkylation sites (tertiary alicyclic amines) is 2. The van der Waals surface area contributed by atoms with Crippen LogP contribution >= 0.6 is 0 Å². The van der Waals surface area contributed by atoms with Crippen molar-refractivity contribution in [2.75, 3.05) is 19.6 Å². The van der Waals surface area contributed by atoms with E-state index in [4.69, 9.17) is 23.5 Å². The summed E-state index contributed by atoms with van der Waals surface area (Å²) in [7, 11) is 0. The summed E-state index contributed by atoms with van der Waals surface area (Å²) < 4.78 is 119.